The molecular formula is C31H46F3N3O5. The zero-order valence-electron chi connectivity index (χ0n) is 25.3. The van der Waals surface area contributed by atoms with Crippen molar-refractivity contribution in [1.82, 2.24) is 14.7 Å². The van der Waals surface area contributed by atoms with Gasteiger partial charge in [0.2, 0.25) is 0 Å². The lowest BCUT2D eigenvalue weighted by Gasteiger charge is -2.46. The molecule has 0 radical (unpaired) electrons. The molecule has 1 aromatic carbocycles. The average molecular weight is 598 g/mol. The number of carboxylic acids is 1. The first-order valence-electron chi connectivity index (χ1n) is 15.2. The van der Waals surface area contributed by atoms with Gasteiger partial charge in [0.15, 0.2) is 0 Å². The van der Waals surface area contributed by atoms with Crippen LogP contribution in [0.2, 0.25) is 0 Å². The van der Waals surface area contributed by atoms with Gasteiger partial charge < -0.3 is 19.6 Å². The van der Waals surface area contributed by atoms with Crippen LogP contribution in [0.5, 0.6) is 0 Å². The van der Waals surface area contributed by atoms with Gasteiger partial charge in [-0.05, 0) is 50.7 Å². The van der Waals surface area contributed by atoms with E-state index in [2.05, 4.69) is 18.7 Å². The summed E-state index contributed by atoms with van der Waals surface area (Å²) < 4.78 is 37.9. The Morgan fingerprint density at radius 3 is 2.05 bits per heavy atom. The number of carboxylic acid groups (broad SMARTS) is 1. The minimum atomic E-state index is -5.08. The molecule has 1 unspecified atom stereocenters. The molecule has 3 aliphatic heterocycles. The van der Waals surface area contributed by atoms with E-state index in [4.69, 9.17) is 14.6 Å². The molecule has 236 valence electrons. The fraction of sp³-hybridized carbons (Fsp3) is 0.710. The van der Waals surface area contributed by atoms with Crippen LogP contribution in [0.1, 0.15) is 93.1 Å². The van der Waals surface area contributed by atoms with E-state index in [9.17, 15) is 22.8 Å². The van der Waals surface area contributed by atoms with E-state index < -0.39 is 12.1 Å². The molecule has 0 aliphatic carbocycles. The maximum absolute atomic E-state index is 13.2. The third-order valence-corrected chi connectivity index (χ3v) is 8.94. The molecule has 1 N–H and O–H groups in total. The van der Waals surface area contributed by atoms with Gasteiger partial charge in [-0.1, -0.05) is 51.3 Å². The number of carbonyl (C=O) groups excluding carboxylic acids is 2. The van der Waals surface area contributed by atoms with Crippen LogP contribution in [0.15, 0.2) is 18.2 Å². The maximum Gasteiger partial charge on any atom is 0.490 e. The smallest absolute Gasteiger partial charge is 0.475 e. The van der Waals surface area contributed by atoms with Crippen molar-refractivity contribution < 1.29 is 37.4 Å². The predicted molar refractivity (Wildman–Crippen MR) is 153 cm³/mol. The van der Waals surface area contributed by atoms with Crippen molar-refractivity contribution in [2.24, 2.45) is 0 Å². The summed E-state index contributed by atoms with van der Waals surface area (Å²) in [6, 6.07) is 6.82. The summed E-state index contributed by atoms with van der Waals surface area (Å²) in [7, 11) is 0. The minimum absolute atomic E-state index is 0.0914. The number of unbranched alkanes of at least 4 members (excludes halogenated alkanes) is 2. The quantitative estimate of drug-likeness (QED) is 0.385. The van der Waals surface area contributed by atoms with Gasteiger partial charge in [0.05, 0.1) is 6.04 Å². The second kappa shape index (κ2) is 14.6. The molecule has 1 atom stereocenters. The number of halogens is 3. The number of ether oxygens (including phenoxy) is 1. The molecule has 2 amide bonds. The van der Waals surface area contributed by atoms with E-state index in [-0.39, 0.29) is 23.6 Å². The molecule has 3 heterocycles. The average Bonchev–Trinajstić information content (AvgIpc) is 3.19. The van der Waals surface area contributed by atoms with Crippen LogP contribution in [0.25, 0.3) is 0 Å². The summed E-state index contributed by atoms with van der Waals surface area (Å²) in [4.78, 5) is 41.6. The molecule has 8 nitrogen and oxygen atoms in total. The van der Waals surface area contributed by atoms with Crippen molar-refractivity contribution in [3.8, 4) is 0 Å². The van der Waals surface area contributed by atoms with E-state index in [1.165, 1.54) is 0 Å². The molecule has 3 saturated heterocycles. The number of likely N-dealkylation sites (tertiary alicyclic amines) is 2. The summed E-state index contributed by atoms with van der Waals surface area (Å²) in [6.45, 7) is 12.9. The summed E-state index contributed by atoms with van der Waals surface area (Å²) in [5.74, 6) is -2.58. The fourth-order valence-electron chi connectivity index (χ4n) is 6.55. The molecule has 4 rings (SSSR count). The van der Waals surface area contributed by atoms with Crippen molar-refractivity contribution in [3.63, 3.8) is 0 Å². The molecule has 42 heavy (non-hydrogen) atoms. The number of carbonyl (C=O) groups is 3. The van der Waals surface area contributed by atoms with E-state index in [1.807, 2.05) is 41.8 Å². The highest BCUT2D eigenvalue weighted by molar-refractivity contribution is 5.97. The third kappa shape index (κ3) is 7.96. The number of nitrogens with zero attached hydrogens (tertiary/aromatic N) is 3. The Labute approximate surface area is 247 Å². The van der Waals surface area contributed by atoms with Crippen LogP contribution >= 0.6 is 0 Å². The third-order valence-electron chi connectivity index (χ3n) is 8.94. The van der Waals surface area contributed by atoms with Gasteiger partial charge >= 0.3 is 18.2 Å². The Hall–Kier alpha value is -2.82. The highest BCUT2D eigenvalue weighted by Gasteiger charge is 2.54. The number of aryl methyl sites for hydroxylation is 2. The number of aliphatic carboxylic acids is 1. The van der Waals surface area contributed by atoms with E-state index >= 15 is 0 Å². The monoisotopic (exact) mass is 597 g/mol. The lowest BCUT2D eigenvalue weighted by molar-refractivity contribution is -0.192. The van der Waals surface area contributed by atoms with Crippen molar-refractivity contribution in [2.75, 3.05) is 32.7 Å². The van der Waals surface area contributed by atoms with Gasteiger partial charge in [-0.25, -0.2) is 9.59 Å². The molecule has 0 saturated carbocycles. The molecule has 1 aromatic rings. The van der Waals surface area contributed by atoms with Crippen LogP contribution in [0, 0.1) is 13.8 Å². The standard InChI is InChI=1S/C29H45N3O3.C2HF3O2/c1-5-7-12-25-29(35-28(34)32(25)17-8-6-2)15-20-30(21-16-29)24-13-18-31(19-14-24)27(33)26-22(3)10-9-11-23(26)4;3-2(4,5)1(6)7/h9-11,24-25H,5-8,12-21H2,1-4H3;(H,6,7). The highest BCUT2D eigenvalue weighted by Crippen LogP contribution is 2.42. The Morgan fingerprint density at radius 1 is 1.00 bits per heavy atom. The number of hydrogen-bond donors (Lipinski definition) is 1. The molecule has 0 aromatic heterocycles. The number of hydrogen-bond acceptors (Lipinski definition) is 5. The molecule has 1 spiro atoms. The van der Waals surface area contributed by atoms with Crippen molar-refractivity contribution in [1.29, 1.82) is 0 Å². The van der Waals surface area contributed by atoms with Crippen LogP contribution in [-0.4, -0.2) is 94.4 Å². The largest absolute Gasteiger partial charge is 0.490 e. The second-order valence-corrected chi connectivity index (χ2v) is 11.8. The van der Waals surface area contributed by atoms with Gasteiger partial charge in [-0.15, -0.1) is 0 Å². The van der Waals surface area contributed by atoms with E-state index in [0.717, 1.165) is 107 Å². The van der Waals surface area contributed by atoms with E-state index in [0.29, 0.717) is 6.04 Å². The number of alkyl halides is 3. The Morgan fingerprint density at radius 2 is 1.55 bits per heavy atom. The van der Waals surface area contributed by atoms with Crippen LogP contribution in [0.4, 0.5) is 18.0 Å². The summed E-state index contributed by atoms with van der Waals surface area (Å²) in [5.41, 5.74) is 2.69. The van der Waals surface area contributed by atoms with Crippen LogP contribution in [0.3, 0.4) is 0 Å². The molecule has 11 heteroatoms. The zero-order chi connectivity index (χ0) is 31.1. The van der Waals surface area contributed by atoms with Crippen LogP contribution in [-0.2, 0) is 9.53 Å². The summed E-state index contributed by atoms with van der Waals surface area (Å²) in [6.07, 6.45) is 4.19. The number of rotatable bonds is 8. The highest BCUT2D eigenvalue weighted by atomic mass is 19.4. The fourth-order valence-corrected chi connectivity index (χ4v) is 6.55. The molecule has 3 fully saturated rings. The van der Waals surface area contributed by atoms with Gasteiger partial charge in [0.25, 0.3) is 5.91 Å². The van der Waals surface area contributed by atoms with Gasteiger partial charge in [0, 0.05) is 57.2 Å². The molecule has 3 aliphatic rings. The first-order valence-corrected chi connectivity index (χ1v) is 15.2. The Kier molecular flexibility index (Phi) is 11.7. The van der Waals surface area contributed by atoms with Gasteiger partial charge in [-0.3, -0.25) is 9.69 Å². The summed E-state index contributed by atoms with van der Waals surface area (Å²) in [5, 5.41) is 7.12. The SMILES string of the molecule is CCCCC1N(CCCC)C(=O)OC12CCN(C1CCN(C(=O)c3c(C)cccc3C)CC1)CC2.O=C(O)C(F)(F)F. The lowest BCUT2D eigenvalue weighted by atomic mass is 9.81. The zero-order valence-corrected chi connectivity index (χ0v) is 25.3. The second-order valence-electron chi connectivity index (χ2n) is 11.8. The Balaban J connectivity index is 0.000000616. The predicted octanol–water partition coefficient (Wildman–Crippen LogP) is 6.19. The van der Waals surface area contributed by atoms with Gasteiger partial charge in [0.1, 0.15) is 5.60 Å². The van der Waals surface area contributed by atoms with E-state index in [1.54, 1.807) is 0 Å². The molecular weight excluding hydrogens is 551 g/mol. The topological polar surface area (TPSA) is 90.4 Å². The van der Waals surface area contributed by atoms with Crippen molar-refractivity contribution in [2.45, 2.75) is 109 Å². The van der Waals surface area contributed by atoms with Gasteiger partial charge in [-0.2, -0.15) is 13.2 Å². The molecule has 0 bridgehead atoms. The van der Waals surface area contributed by atoms with Crippen molar-refractivity contribution >= 4 is 18.0 Å². The minimum Gasteiger partial charge on any atom is -0.475 e. The maximum atomic E-state index is 13.2. The summed E-state index contributed by atoms with van der Waals surface area (Å²) >= 11 is 0. The first kappa shape index (κ1) is 33.7. The number of piperidine rings is 2. The van der Waals surface area contributed by atoms with Crippen LogP contribution < -0.4 is 0 Å². The Bertz CT molecular complexity index is 1060. The normalized spacial score (nSPS) is 21.2. The number of benzene rings is 1. The number of amides is 2. The van der Waals surface area contributed by atoms with Crippen molar-refractivity contribution in [3.05, 3.63) is 34.9 Å². The lowest BCUT2D eigenvalue weighted by Crippen LogP contribution is -2.56. The first-order chi connectivity index (χ1) is 19.8.